The molecule has 0 spiro atoms. The molecule has 0 atom stereocenters. The molecule has 1 aliphatic rings. The van der Waals surface area contributed by atoms with Gasteiger partial charge in [0.1, 0.15) is 5.69 Å². The number of hydrogen-bond donors (Lipinski definition) is 1. The summed E-state index contributed by atoms with van der Waals surface area (Å²) in [6.45, 7) is 4.08. The molecule has 114 valence electrons. The Bertz CT molecular complexity index is 571. The zero-order valence-corrected chi connectivity index (χ0v) is 11.9. The van der Waals surface area contributed by atoms with Crippen molar-refractivity contribution in [1.82, 2.24) is 4.90 Å². The van der Waals surface area contributed by atoms with Crippen LogP contribution in [0.25, 0.3) is 0 Å². The number of anilines is 2. The van der Waals surface area contributed by atoms with Crippen molar-refractivity contribution >= 4 is 23.0 Å². The lowest BCUT2D eigenvalue weighted by Gasteiger charge is -2.34. The van der Waals surface area contributed by atoms with E-state index in [1.807, 2.05) is 11.9 Å². The molecule has 21 heavy (non-hydrogen) atoms. The van der Waals surface area contributed by atoms with Crippen molar-refractivity contribution in [1.29, 1.82) is 0 Å². The number of nitrogens with zero attached hydrogens (tertiary/aromatic N) is 3. The van der Waals surface area contributed by atoms with E-state index in [2.05, 4.69) is 10.2 Å². The smallest absolute Gasteiger partial charge is 0.295 e. The Labute approximate surface area is 121 Å². The number of amides is 1. The largest absolute Gasteiger partial charge is 0.367 e. The van der Waals surface area contributed by atoms with Crippen LogP contribution in [0, 0.1) is 15.9 Å². The molecule has 1 aliphatic heterocycles. The van der Waals surface area contributed by atoms with Crippen LogP contribution < -0.4 is 10.2 Å². The highest BCUT2D eigenvalue weighted by molar-refractivity contribution is 5.92. The average Bonchev–Trinajstić information content (AvgIpc) is 2.40. The molecule has 1 saturated heterocycles. The zero-order valence-electron chi connectivity index (χ0n) is 11.9. The van der Waals surface area contributed by atoms with E-state index in [4.69, 9.17) is 0 Å². The van der Waals surface area contributed by atoms with E-state index in [1.165, 1.54) is 13.0 Å². The summed E-state index contributed by atoms with van der Waals surface area (Å²) in [6.07, 6.45) is 0. The van der Waals surface area contributed by atoms with Gasteiger partial charge in [0, 0.05) is 33.1 Å². The van der Waals surface area contributed by atoms with Crippen LogP contribution in [0.1, 0.15) is 6.92 Å². The number of carbonyl (C=O) groups excluding carboxylic acids is 1. The fourth-order valence-electron chi connectivity index (χ4n) is 2.28. The van der Waals surface area contributed by atoms with Gasteiger partial charge < -0.3 is 15.1 Å². The van der Waals surface area contributed by atoms with E-state index in [-0.39, 0.29) is 11.4 Å². The SMILES string of the molecule is CC(=O)Nc1cc(N2CCN(C)CC2)c(F)cc1[N+](=O)[O-]. The first-order valence-electron chi connectivity index (χ1n) is 6.57. The lowest BCUT2D eigenvalue weighted by atomic mass is 10.2. The van der Waals surface area contributed by atoms with Crippen molar-refractivity contribution in [3.8, 4) is 0 Å². The summed E-state index contributed by atoms with van der Waals surface area (Å²) in [5.74, 6) is -1.09. The Balaban J connectivity index is 2.37. The van der Waals surface area contributed by atoms with Crippen molar-refractivity contribution in [3.05, 3.63) is 28.1 Å². The second kappa shape index (κ2) is 6.04. The molecule has 1 aromatic rings. The molecule has 1 amide bonds. The molecular weight excluding hydrogens is 279 g/mol. The highest BCUT2D eigenvalue weighted by Crippen LogP contribution is 2.32. The van der Waals surface area contributed by atoms with Crippen molar-refractivity contribution in [2.75, 3.05) is 43.4 Å². The van der Waals surface area contributed by atoms with Crippen LogP contribution in [0.4, 0.5) is 21.5 Å². The van der Waals surface area contributed by atoms with Crippen LogP contribution in [-0.2, 0) is 4.79 Å². The fourth-order valence-corrected chi connectivity index (χ4v) is 2.28. The van der Waals surface area contributed by atoms with E-state index in [1.54, 1.807) is 0 Å². The first-order valence-corrected chi connectivity index (χ1v) is 6.57. The summed E-state index contributed by atoms with van der Waals surface area (Å²) in [4.78, 5) is 25.3. The molecule has 0 aromatic heterocycles. The molecule has 7 nitrogen and oxygen atoms in total. The van der Waals surface area contributed by atoms with Crippen LogP contribution in [0.5, 0.6) is 0 Å². The highest BCUT2D eigenvalue weighted by atomic mass is 19.1. The van der Waals surface area contributed by atoms with Crippen molar-refractivity contribution in [3.63, 3.8) is 0 Å². The quantitative estimate of drug-likeness (QED) is 0.674. The van der Waals surface area contributed by atoms with Gasteiger partial charge in [-0.05, 0) is 13.1 Å². The van der Waals surface area contributed by atoms with Gasteiger partial charge >= 0.3 is 0 Å². The monoisotopic (exact) mass is 296 g/mol. The molecule has 0 radical (unpaired) electrons. The number of likely N-dealkylation sites (N-methyl/N-ethyl adjacent to an activating group) is 1. The number of nitrogens with one attached hydrogen (secondary N) is 1. The van der Waals surface area contributed by atoms with Crippen molar-refractivity contribution < 1.29 is 14.1 Å². The lowest BCUT2D eigenvalue weighted by Crippen LogP contribution is -2.44. The van der Waals surface area contributed by atoms with E-state index in [0.717, 1.165) is 19.2 Å². The van der Waals surface area contributed by atoms with Gasteiger partial charge in [0.15, 0.2) is 5.82 Å². The molecule has 0 saturated carbocycles. The predicted octanol–water partition coefficient (Wildman–Crippen LogP) is 1.44. The van der Waals surface area contributed by atoms with E-state index in [0.29, 0.717) is 13.1 Å². The van der Waals surface area contributed by atoms with Gasteiger partial charge in [-0.15, -0.1) is 0 Å². The minimum Gasteiger partial charge on any atom is -0.367 e. The van der Waals surface area contributed by atoms with Crippen molar-refractivity contribution in [2.24, 2.45) is 0 Å². The summed E-state index contributed by atoms with van der Waals surface area (Å²) < 4.78 is 14.1. The van der Waals surface area contributed by atoms with Gasteiger partial charge in [0.2, 0.25) is 5.91 Å². The van der Waals surface area contributed by atoms with Crippen molar-refractivity contribution in [2.45, 2.75) is 6.92 Å². The third kappa shape index (κ3) is 3.46. The van der Waals surface area contributed by atoms with Gasteiger partial charge in [-0.3, -0.25) is 14.9 Å². The second-order valence-electron chi connectivity index (χ2n) is 5.05. The normalized spacial score (nSPS) is 15.9. The van der Waals surface area contributed by atoms with Crippen LogP contribution in [-0.4, -0.2) is 49.0 Å². The number of nitro groups is 1. The van der Waals surface area contributed by atoms with Gasteiger partial charge in [-0.1, -0.05) is 0 Å². The fraction of sp³-hybridized carbons (Fsp3) is 0.462. The Kier molecular flexibility index (Phi) is 4.37. The number of benzene rings is 1. The molecule has 1 N–H and O–H groups in total. The van der Waals surface area contributed by atoms with Crippen LogP contribution in [0.15, 0.2) is 12.1 Å². The standard InChI is InChI=1S/C13H17FN4O3/c1-9(19)15-11-8-12(10(14)7-13(11)18(20)21)17-5-3-16(2)4-6-17/h7-8H,3-6H2,1-2H3,(H,15,19). The first-order chi connectivity index (χ1) is 9.88. The molecule has 1 aromatic carbocycles. The van der Waals surface area contributed by atoms with Crippen LogP contribution >= 0.6 is 0 Å². The second-order valence-corrected chi connectivity index (χ2v) is 5.05. The minimum absolute atomic E-state index is 0.0165. The molecule has 0 aliphatic carbocycles. The van der Waals surface area contributed by atoms with Gasteiger partial charge in [-0.25, -0.2) is 4.39 Å². The van der Waals surface area contributed by atoms with E-state index >= 15 is 0 Å². The topological polar surface area (TPSA) is 78.7 Å². The Morgan fingerprint density at radius 2 is 1.95 bits per heavy atom. The number of rotatable bonds is 3. The van der Waals surface area contributed by atoms with E-state index < -0.39 is 22.3 Å². The average molecular weight is 296 g/mol. The number of piperazine rings is 1. The maximum atomic E-state index is 14.1. The molecule has 8 heteroatoms. The Hall–Kier alpha value is -2.22. The number of nitro benzene ring substituents is 1. The molecule has 0 unspecified atom stereocenters. The number of hydrogen-bond acceptors (Lipinski definition) is 5. The lowest BCUT2D eigenvalue weighted by molar-refractivity contribution is -0.384. The number of carbonyl (C=O) groups is 1. The summed E-state index contributed by atoms with van der Waals surface area (Å²) in [5, 5.41) is 13.3. The minimum atomic E-state index is -0.706. The van der Waals surface area contributed by atoms with Crippen LogP contribution in [0.3, 0.4) is 0 Å². The summed E-state index contributed by atoms with van der Waals surface area (Å²) in [5.41, 5.74) is -0.152. The third-order valence-corrected chi connectivity index (χ3v) is 3.42. The maximum Gasteiger partial charge on any atom is 0.295 e. The maximum absolute atomic E-state index is 14.1. The molecular formula is C13H17FN4O3. The predicted molar refractivity (Wildman–Crippen MR) is 77.1 cm³/mol. The first kappa shape index (κ1) is 15.2. The van der Waals surface area contributed by atoms with E-state index in [9.17, 15) is 19.3 Å². The van der Waals surface area contributed by atoms with Gasteiger partial charge in [0.05, 0.1) is 16.7 Å². The summed E-state index contributed by atoms with van der Waals surface area (Å²) >= 11 is 0. The third-order valence-electron chi connectivity index (χ3n) is 3.42. The number of halogens is 1. The molecule has 1 heterocycles. The Morgan fingerprint density at radius 1 is 1.33 bits per heavy atom. The Morgan fingerprint density at radius 3 is 2.48 bits per heavy atom. The summed E-state index contributed by atoms with van der Waals surface area (Å²) in [7, 11) is 1.98. The highest BCUT2D eigenvalue weighted by Gasteiger charge is 2.23. The van der Waals surface area contributed by atoms with Gasteiger partial charge in [-0.2, -0.15) is 0 Å². The molecule has 1 fully saturated rings. The molecule has 0 bridgehead atoms. The zero-order chi connectivity index (χ0) is 15.6. The summed E-state index contributed by atoms with van der Waals surface area (Å²) in [6, 6.07) is 2.19. The van der Waals surface area contributed by atoms with Gasteiger partial charge in [0.25, 0.3) is 5.69 Å². The molecule has 2 rings (SSSR count). The van der Waals surface area contributed by atoms with Crippen LogP contribution in [0.2, 0.25) is 0 Å².